The van der Waals surface area contributed by atoms with Gasteiger partial charge in [0, 0.05) is 99.9 Å². The van der Waals surface area contributed by atoms with Crippen molar-refractivity contribution in [3.05, 3.63) is 226 Å². The first-order valence-corrected chi connectivity index (χ1v) is 40.7. The van der Waals surface area contributed by atoms with Crippen molar-refractivity contribution < 1.29 is 62.0 Å². The molecule has 0 radical (unpaired) electrons. The lowest BCUT2D eigenvalue weighted by Gasteiger charge is -2.32. The molecule has 2 aliphatic carbocycles. The second kappa shape index (κ2) is 44.0. The predicted molar refractivity (Wildman–Crippen MR) is 464 cm³/mol. The number of hydrogen-bond donors (Lipinski definition) is 4. The zero-order valence-electron chi connectivity index (χ0n) is 62.6. The van der Waals surface area contributed by atoms with Crippen LogP contribution in [0.5, 0.6) is 0 Å². The zero-order chi connectivity index (χ0) is 80.3. The van der Waals surface area contributed by atoms with Crippen molar-refractivity contribution in [3.63, 3.8) is 0 Å². The number of likely N-dealkylation sites (N-methyl/N-ethyl adjacent to an activating group) is 2. The molecule has 6 heterocycles. The zero-order valence-corrected chi connectivity index (χ0v) is 71.9. The number of rotatable bonds is 16. The van der Waals surface area contributed by atoms with Crippen LogP contribution in [0.2, 0.25) is 0 Å². The fraction of sp³-hybridized carbons (Fsp3) is 0.354. The smallest absolute Gasteiger partial charge is 0.399 e. The number of nitrogens with two attached hydrogens (primary N) is 3. The van der Waals surface area contributed by atoms with Gasteiger partial charge in [0.1, 0.15) is 25.9 Å². The summed E-state index contributed by atoms with van der Waals surface area (Å²) in [6.07, 6.45) is 7.56. The number of carbonyl (C=O) groups excluding carboxylic acids is 11. The van der Waals surface area contributed by atoms with Crippen molar-refractivity contribution >= 4 is 177 Å². The summed E-state index contributed by atoms with van der Waals surface area (Å²) in [4.78, 5) is 136. The summed E-state index contributed by atoms with van der Waals surface area (Å²) in [6, 6.07) is 50.8. The van der Waals surface area contributed by atoms with Crippen LogP contribution in [0.1, 0.15) is 146 Å². The van der Waals surface area contributed by atoms with Gasteiger partial charge in [-0.15, -0.1) is 12.4 Å². The van der Waals surface area contributed by atoms with Gasteiger partial charge in [0.15, 0.2) is 0 Å². The molecule has 7 aromatic carbocycles. The molecule has 113 heavy (non-hydrogen) atoms. The lowest BCUT2D eigenvalue weighted by Crippen LogP contribution is -2.41. The Kier molecular flexibility index (Phi) is 37.2. The maximum atomic E-state index is 12.5. The SMILES string of the molecule is C.C.CC1(C)OB(c2ccc3c(c2)CN(C2CC2)C3=O)OC1(C)C.CI.CN1C(=O)CN(Cc2ccc(-c3ccc4c(c3)CN(C3CC3)C4=O)cc2)C1=O.CN1C(=O)CN(Cc2ccc(Br)cc2)C1=O.Cl.NC(=O)CCCc1ccc(Br)cc1.NCC(N)=O.O=C1CN(Cc2ccc(Br)cc2)C(=O)N1.O=Cc1ccc(Br)cc1. The minimum Gasteiger partial charge on any atom is -0.399 e. The Labute approximate surface area is 715 Å². The molecule has 0 unspecified atom stereocenters. The summed E-state index contributed by atoms with van der Waals surface area (Å²) >= 11 is 15.5. The second-order valence-corrected chi connectivity index (χ2v) is 31.5. The highest BCUT2D eigenvalue weighted by Crippen LogP contribution is 2.39. The molecular formula is C82H98BBr4ClIN11O13. The number of alkyl halides is 1. The van der Waals surface area contributed by atoms with Gasteiger partial charge in [0.25, 0.3) is 11.8 Å². The van der Waals surface area contributed by atoms with E-state index in [4.69, 9.17) is 20.8 Å². The van der Waals surface area contributed by atoms with Crippen LogP contribution in [-0.4, -0.2) is 176 Å². The number of imide groups is 3. The normalized spacial score (nSPS) is 16.3. The molecule has 0 bridgehead atoms. The van der Waals surface area contributed by atoms with Crippen molar-refractivity contribution in [1.82, 2.24) is 39.6 Å². The first-order valence-electron chi connectivity index (χ1n) is 35.4. The standard InChI is InChI=1S/C22H21N3O3.C17H22BNO3.C11H11BrN2O2.C10H9BrN2O2.C10H12BrNO.C7H5BrO.C2H6N2O.CH3I.2CH4.ClH/c1-23-20(26)13-24(22(23)28)11-14-2-4-15(5-3-14)16-6-9-19-17(10-16)12-25(21(19)27)18-7-8-18;1-16(2)17(3,4)22-18(21-16)12-5-8-14-11(9-12)10-19(15(14)20)13-6-7-13;1-13-10(15)7-14(11(13)16)6-8-2-4-9(12)5-3-8;11-8-3-1-7(2-4-8)5-13-6-9(14)12-10(13)15;11-9-6-4-8(5-7-9)2-1-3-10(12)13;8-7-3-1-6(5-9)2-4-7;3-1-2(4)5;1-2;;;/h2-6,9-10,18H,7-8,11-13H2,1H3;5,8-9,13H,6-7,10H2,1-4H3;2-5H,6-7H2,1H3;1-4H,5-6H2,(H,12,14,15);4-7H,1-3H2,(H2,12,13);1-5H;1,3H2,(H2,4,5);1H3;2*1H4;1H. The second-order valence-electron chi connectivity index (χ2n) is 27.8. The lowest BCUT2D eigenvalue weighted by molar-refractivity contribution is -0.125. The predicted octanol–water partition coefficient (Wildman–Crippen LogP) is 14.0. The molecule has 7 aromatic rings. The van der Waals surface area contributed by atoms with E-state index in [9.17, 15) is 52.7 Å². The van der Waals surface area contributed by atoms with E-state index in [1.807, 2.05) is 148 Å². The van der Waals surface area contributed by atoms with E-state index in [2.05, 4.69) is 137 Å². The van der Waals surface area contributed by atoms with Gasteiger partial charge in [-0.05, 0) is 188 Å². The summed E-state index contributed by atoms with van der Waals surface area (Å²) in [5.41, 5.74) is 25.6. The molecule has 15 rings (SSSR count). The number of primary amides is 2. The van der Waals surface area contributed by atoms with E-state index in [-0.39, 0.29) is 125 Å². The molecule has 8 aliphatic rings. The monoisotopic (exact) mass is 1930 g/mol. The Bertz CT molecular complexity index is 4470. The largest absolute Gasteiger partial charge is 0.494 e. The van der Waals surface area contributed by atoms with Crippen LogP contribution in [0.15, 0.2) is 176 Å². The van der Waals surface area contributed by atoms with E-state index >= 15 is 0 Å². The summed E-state index contributed by atoms with van der Waals surface area (Å²) in [5, 5.41) is 2.24. The Balaban J connectivity index is 0.000000244. The van der Waals surface area contributed by atoms with Crippen molar-refractivity contribution in [3.8, 4) is 11.1 Å². The highest BCUT2D eigenvalue weighted by molar-refractivity contribution is 14.1. The molecule has 0 atom stereocenters. The van der Waals surface area contributed by atoms with Crippen LogP contribution in [-0.2, 0) is 72.4 Å². The van der Waals surface area contributed by atoms with Gasteiger partial charge in [0.2, 0.25) is 29.5 Å². The van der Waals surface area contributed by atoms with E-state index in [1.54, 1.807) is 17.0 Å². The number of aryl methyl sites for hydroxylation is 1. The first kappa shape index (κ1) is 95.4. The third-order valence-corrected chi connectivity index (χ3v) is 21.1. The minimum atomic E-state index is -0.468. The number of nitrogens with zero attached hydrogens (tertiary/aromatic N) is 7. The average molecular weight is 1940 g/mol. The minimum absolute atomic E-state index is 0. The molecule has 2 saturated carbocycles. The Morgan fingerprint density at radius 3 is 1.26 bits per heavy atom. The highest BCUT2D eigenvalue weighted by atomic mass is 127. The molecule has 31 heteroatoms. The molecule has 24 nitrogen and oxygen atoms in total. The molecule has 13 amide bonds. The van der Waals surface area contributed by atoms with E-state index in [1.165, 1.54) is 29.5 Å². The van der Waals surface area contributed by atoms with Crippen LogP contribution in [0.3, 0.4) is 0 Å². The molecule has 604 valence electrons. The maximum absolute atomic E-state index is 12.5. The summed E-state index contributed by atoms with van der Waals surface area (Å²) in [5.74, 6) is -0.914. The van der Waals surface area contributed by atoms with Gasteiger partial charge in [-0.1, -0.05) is 192 Å². The fourth-order valence-electron chi connectivity index (χ4n) is 11.8. The van der Waals surface area contributed by atoms with Gasteiger partial charge in [-0.25, -0.2) is 14.4 Å². The van der Waals surface area contributed by atoms with Crippen LogP contribution in [0.4, 0.5) is 14.4 Å². The van der Waals surface area contributed by atoms with Gasteiger partial charge < -0.3 is 51.0 Å². The van der Waals surface area contributed by atoms with Gasteiger partial charge in [-0.3, -0.25) is 53.5 Å². The molecule has 6 fully saturated rings. The highest BCUT2D eigenvalue weighted by Gasteiger charge is 2.52. The number of carbonyl (C=O) groups is 11. The summed E-state index contributed by atoms with van der Waals surface area (Å²) in [6.45, 7) is 11.4. The Hall–Kier alpha value is -8.21. The number of hydrogen-bond acceptors (Lipinski definition) is 14. The number of fused-ring (bicyclic) bond motifs is 2. The summed E-state index contributed by atoms with van der Waals surface area (Å²) < 4.78 is 16.3. The maximum Gasteiger partial charge on any atom is 0.494 e. The van der Waals surface area contributed by atoms with Crippen molar-refractivity contribution in [2.24, 2.45) is 17.2 Å². The van der Waals surface area contributed by atoms with Crippen LogP contribution < -0.4 is 28.0 Å². The quantitative estimate of drug-likeness (QED) is 0.0230. The lowest BCUT2D eigenvalue weighted by atomic mass is 9.78. The summed E-state index contributed by atoms with van der Waals surface area (Å²) in [7, 11) is 2.66. The number of aldehydes is 1. The number of amides is 13. The number of benzene rings is 7. The molecule has 4 saturated heterocycles. The van der Waals surface area contributed by atoms with Crippen molar-refractivity contribution in [2.75, 3.05) is 45.2 Å². The third kappa shape index (κ3) is 27.2. The average Bonchev–Trinajstić information content (AvgIpc) is 1.61. The Morgan fingerprint density at radius 1 is 0.522 bits per heavy atom. The molecular weight excluding hydrogens is 1840 g/mol. The van der Waals surface area contributed by atoms with Gasteiger partial charge >= 0.3 is 25.2 Å². The third-order valence-electron chi connectivity index (χ3n) is 19.0. The van der Waals surface area contributed by atoms with Gasteiger partial charge in [-0.2, -0.15) is 0 Å². The fourth-order valence-corrected chi connectivity index (χ4v) is 12.9. The molecule has 7 N–H and O–H groups in total. The van der Waals surface area contributed by atoms with Crippen LogP contribution in [0.25, 0.3) is 11.1 Å². The van der Waals surface area contributed by atoms with Crippen LogP contribution >= 0.6 is 98.7 Å². The number of halogens is 6. The van der Waals surface area contributed by atoms with Gasteiger partial charge in [0.05, 0.1) is 17.7 Å². The van der Waals surface area contributed by atoms with Crippen molar-refractivity contribution in [1.29, 1.82) is 0 Å². The first-order chi connectivity index (χ1) is 52.3. The van der Waals surface area contributed by atoms with E-state index in [0.717, 1.165) is 135 Å². The van der Waals surface area contributed by atoms with E-state index in [0.29, 0.717) is 50.2 Å². The Morgan fingerprint density at radius 2 is 0.894 bits per heavy atom. The van der Waals surface area contributed by atoms with Crippen LogP contribution in [0, 0.1) is 0 Å². The molecule has 0 spiro atoms. The van der Waals surface area contributed by atoms with E-state index < -0.39 is 5.91 Å². The number of nitrogens with one attached hydrogen (secondary N) is 1. The molecule has 6 aliphatic heterocycles. The number of urea groups is 3. The van der Waals surface area contributed by atoms with Crippen molar-refractivity contribution in [2.45, 2.75) is 144 Å². The molecule has 0 aromatic heterocycles. The topological polar surface area (TPSA) is 319 Å².